The highest BCUT2D eigenvalue weighted by atomic mass is 16.5. The van der Waals surface area contributed by atoms with Gasteiger partial charge in [0.05, 0.1) is 6.61 Å². The largest absolute Gasteiger partial charge is 0.383 e. The second-order valence-corrected chi connectivity index (χ2v) is 3.89. The van der Waals surface area contributed by atoms with Crippen molar-refractivity contribution in [2.24, 2.45) is 5.73 Å². The molecule has 1 rings (SSSR count). The van der Waals surface area contributed by atoms with Crippen LogP contribution in [0.4, 0.5) is 5.69 Å². The summed E-state index contributed by atoms with van der Waals surface area (Å²) in [6.07, 6.45) is 3.34. The molecule has 104 valence electrons. The third kappa shape index (κ3) is 5.94. The van der Waals surface area contributed by atoms with Crippen molar-refractivity contribution < 1.29 is 14.3 Å². The van der Waals surface area contributed by atoms with Crippen LogP contribution in [0.25, 0.3) is 0 Å². The number of carbonyl (C=O) groups is 2. The van der Waals surface area contributed by atoms with E-state index in [1.807, 2.05) is 0 Å². The van der Waals surface area contributed by atoms with Gasteiger partial charge < -0.3 is 21.1 Å². The van der Waals surface area contributed by atoms with Gasteiger partial charge in [0.15, 0.2) is 0 Å². The fourth-order valence-corrected chi connectivity index (χ4v) is 1.34. The Morgan fingerprint density at radius 3 is 2.74 bits per heavy atom. The molecule has 1 heterocycles. The average molecular weight is 266 g/mol. The molecule has 0 saturated heterocycles. The van der Waals surface area contributed by atoms with E-state index in [4.69, 9.17) is 10.5 Å². The van der Waals surface area contributed by atoms with Crippen LogP contribution in [-0.2, 0) is 14.3 Å². The van der Waals surface area contributed by atoms with Gasteiger partial charge in [-0.15, -0.1) is 0 Å². The maximum atomic E-state index is 11.6. The first-order chi connectivity index (χ1) is 9.13. The van der Waals surface area contributed by atoms with Crippen molar-refractivity contribution in [3.8, 4) is 0 Å². The number of ether oxygens (including phenoxy) is 1. The van der Waals surface area contributed by atoms with Gasteiger partial charge in [0.2, 0.25) is 11.8 Å². The number of methoxy groups -OCH3 is 1. The van der Waals surface area contributed by atoms with Crippen molar-refractivity contribution >= 4 is 17.5 Å². The van der Waals surface area contributed by atoms with Gasteiger partial charge in [0, 0.05) is 38.2 Å². The summed E-state index contributed by atoms with van der Waals surface area (Å²) in [7, 11) is 1.47. The summed E-state index contributed by atoms with van der Waals surface area (Å²) in [6, 6.07) is 2.66. The van der Waals surface area contributed by atoms with Gasteiger partial charge in [-0.1, -0.05) is 0 Å². The second kappa shape index (κ2) is 8.17. The SMILES string of the molecule is COCC(N)C(=O)NCCC(=O)Nc1ccncc1. The predicted molar refractivity (Wildman–Crippen MR) is 70.3 cm³/mol. The van der Waals surface area contributed by atoms with Gasteiger partial charge in [0.25, 0.3) is 0 Å². The van der Waals surface area contributed by atoms with Crippen LogP contribution in [0.3, 0.4) is 0 Å². The molecule has 1 atom stereocenters. The van der Waals surface area contributed by atoms with E-state index in [9.17, 15) is 9.59 Å². The lowest BCUT2D eigenvalue weighted by Gasteiger charge is -2.11. The molecule has 19 heavy (non-hydrogen) atoms. The summed E-state index contributed by atoms with van der Waals surface area (Å²) in [4.78, 5) is 26.8. The third-order valence-corrected chi connectivity index (χ3v) is 2.30. The highest BCUT2D eigenvalue weighted by Gasteiger charge is 2.12. The van der Waals surface area contributed by atoms with Crippen molar-refractivity contribution in [2.45, 2.75) is 12.5 Å². The van der Waals surface area contributed by atoms with Gasteiger partial charge in [-0.3, -0.25) is 14.6 Å². The molecule has 0 saturated carbocycles. The molecule has 1 aromatic rings. The second-order valence-electron chi connectivity index (χ2n) is 3.89. The molecule has 0 aliphatic rings. The third-order valence-electron chi connectivity index (χ3n) is 2.30. The molecular weight excluding hydrogens is 248 g/mol. The zero-order chi connectivity index (χ0) is 14.1. The van der Waals surface area contributed by atoms with Crippen LogP contribution in [0, 0.1) is 0 Å². The molecule has 0 aromatic carbocycles. The van der Waals surface area contributed by atoms with Crippen molar-refractivity contribution in [3.05, 3.63) is 24.5 Å². The normalized spacial score (nSPS) is 11.7. The first-order valence-electron chi connectivity index (χ1n) is 5.85. The maximum absolute atomic E-state index is 11.6. The number of hydrogen-bond donors (Lipinski definition) is 3. The summed E-state index contributed by atoms with van der Waals surface area (Å²) in [5.41, 5.74) is 6.19. The van der Waals surface area contributed by atoms with Crippen LogP contribution in [0.2, 0.25) is 0 Å². The standard InChI is InChI=1S/C12H18N4O3/c1-19-8-10(13)12(18)15-7-4-11(17)16-9-2-5-14-6-3-9/h2-3,5-6,10H,4,7-8,13H2,1H3,(H,15,18)(H,14,16,17). The fraction of sp³-hybridized carbons (Fsp3) is 0.417. The van der Waals surface area contributed by atoms with E-state index in [2.05, 4.69) is 15.6 Å². The Hall–Kier alpha value is -1.99. The van der Waals surface area contributed by atoms with E-state index in [1.54, 1.807) is 24.5 Å². The van der Waals surface area contributed by atoms with Crippen molar-refractivity contribution in [1.29, 1.82) is 0 Å². The Labute approximate surface area is 111 Å². The minimum Gasteiger partial charge on any atom is -0.383 e. The van der Waals surface area contributed by atoms with E-state index in [-0.39, 0.29) is 31.4 Å². The van der Waals surface area contributed by atoms with Crippen molar-refractivity contribution in [1.82, 2.24) is 10.3 Å². The lowest BCUT2D eigenvalue weighted by molar-refractivity contribution is -0.123. The Morgan fingerprint density at radius 1 is 1.42 bits per heavy atom. The van der Waals surface area contributed by atoms with Crippen molar-refractivity contribution in [2.75, 3.05) is 25.6 Å². The summed E-state index contributed by atoms with van der Waals surface area (Å²) < 4.78 is 4.76. The molecule has 0 bridgehead atoms. The van der Waals surface area contributed by atoms with Crippen LogP contribution < -0.4 is 16.4 Å². The highest BCUT2D eigenvalue weighted by molar-refractivity contribution is 5.91. The molecule has 0 spiro atoms. The number of carbonyl (C=O) groups excluding carboxylic acids is 2. The molecule has 1 unspecified atom stereocenters. The number of pyridine rings is 1. The van der Waals surface area contributed by atoms with Gasteiger partial charge in [-0.25, -0.2) is 0 Å². The number of nitrogens with two attached hydrogens (primary N) is 1. The minimum atomic E-state index is -0.715. The Morgan fingerprint density at radius 2 is 2.11 bits per heavy atom. The Bertz CT molecular complexity index is 411. The van der Waals surface area contributed by atoms with E-state index in [0.717, 1.165) is 0 Å². The molecule has 0 radical (unpaired) electrons. The van der Waals surface area contributed by atoms with Gasteiger partial charge in [-0.2, -0.15) is 0 Å². The summed E-state index contributed by atoms with van der Waals surface area (Å²) in [6.45, 7) is 0.377. The highest BCUT2D eigenvalue weighted by Crippen LogP contribution is 2.03. The molecular formula is C12H18N4O3. The topological polar surface area (TPSA) is 106 Å². The Balaban J connectivity index is 2.22. The lowest BCUT2D eigenvalue weighted by Crippen LogP contribution is -2.44. The quantitative estimate of drug-likeness (QED) is 0.617. The number of anilines is 1. The number of amides is 2. The van der Waals surface area contributed by atoms with Gasteiger partial charge in [0.1, 0.15) is 6.04 Å². The monoisotopic (exact) mass is 266 g/mol. The summed E-state index contributed by atoms with van der Waals surface area (Å²) >= 11 is 0. The Kier molecular flexibility index (Phi) is 6.48. The van der Waals surface area contributed by atoms with Crippen LogP contribution in [0.15, 0.2) is 24.5 Å². The molecule has 1 aromatic heterocycles. The van der Waals surface area contributed by atoms with Crippen LogP contribution in [0.5, 0.6) is 0 Å². The smallest absolute Gasteiger partial charge is 0.239 e. The number of nitrogens with one attached hydrogen (secondary N) is 2. The first kappa shape index (κ1) is 15.1. The molecule has 4 N–H and O–H groups in total. The van der Waals surface area contributed by atoms with E-state index < -0.39 is 6.04 Å². The molecule has 0 fully saturated rings. The number of hydrogen-bond acceptors (Lipinski definition) is 5. The maximum Gasteiger partial charge on any atom is 0.239 e. The van der Waals surface area contributed by atoms with Crippen LogP contribution >= 0.6 is 0 Å². The predicted octanol–water partition coefficient (Wildman–Crippen LogP) is -0.500. The zero-order valence-corrected chi connectivity index (χ0v) is 10.8. The number of rotatable bonds is 7. The van der Waals surface area contributed by atoms with E-state index >= 15 is 0 Å². The average Bonchev–Trinajstić information content (AvgIpc) is 2.40. The van der Waals surface area contributed by atoms with E-state index in [0.29, 0.717) is 5.69 Å². The van der Waals surface area contributed by atoms with Crippen LogP contribution in [0.1, 0.15) is 6.42 Å². The minimum absolute atomic E-state index is 0.148. The molecule has 0 aliphatic carbocycles. The molecule has 7 heteroatoms. The zero-order valence-electron chi connectivity index (χ0n) is 10.8. The van der Waals surface area contributed by atoms with E-state index in [1.165, 1.54) is 7.11 Å². The number of nitrogens with zero attached hydrogens (tertiary/aromatic N) is 1. The summed E-state index contributed by atoms with van der Waals surface area (Å²) in [5.74, 6) is -0.523. The molecule has 0 aliphatic heterocycles. The van der Waals surface area contributed by atoms with Gasteiger partial charge >= 0.3 is 0 Å². The molecule has 7 nitrogen and oxygen atoms in total. The summed E-state index contributed by atoms with van der Waals surface area (Å²) in [5, 5.41) is 5.25. The lowest BCUT2D eigenvalue weighted by atomic mass is 10.3. The van der Waals surface area contributed by atoms with Crippen molar-refractivity contribution in [3.63, 3.8) is 0 Å². The molecule has 2 amide bonds. The fourth-order valence-electron chi connectivity index (χ4n) is 1.34. The first-order valence-corrected chi connectivity index (χ1v) is 5.85. The van der Waals surface area contributed by atoms with Crippen LogP contribution in [-0.4, -0.2) is 43.1 Å². The van der Waals surface area contributed by atoms with Gasteiger partial charge in [-0.05, 0) is 12.1 Å². The number of aromatic nitrogens is 1.